The SMILES string of the molecule is CCNc1cc(C(C)C)nc(Cc2cccc(Cl)c2)n1. The van der Waals surface area contributed by atoms with Crippen LogP contribution in [0, 0.1) is 0 Å². The van der Waals surface area contributed by atoms with Crippen molar-refractivity contribution >= 4 is 17.4 Å². The molecule has 2 aromatic rings. The van der Waals surface area contributed by atoms with E-state index >= 15 is 0 Å². The molecule has 0 bridgehead atoms. The average Bonchev–Trinajstić information content (AvgIpc) is 2.38. The molecule has 20 heavy (non-hydrogen) atoms. The molecule has 0 atom stereocenters. The maximum Gasteiger partial charge on any atom is 0.135 e. The molecular formula is C16H20ClN3. The van der Waals surface area contributed by atoms with Gasteiger partial charge in [-0.05, 0) is 30.5 Å². The fourth-order valence-electron chi connectivity index (χ4n) is 1.99. The predicted molar refractivity (Wildman–Crippen MR) is 84.5 cm³/mol. The Kier molecular flexibility index (Phi) is 4.96. The second-order valence-electron chi connectivity index (χ2n) is 5.09. The van der Waals surface area contributed by atoms with Gasteiger partial charge in [0.15, 0.2) is 0 Å². The molecule has 0 saturated carbocycles. The highest BCUT2D eigenvalue weighted by Gasteiger charge is 2.08. The molecule has 0 fully saturated rings. The normalized spacial score (nSPS) is 10.8. The zero-order valence-corrected chi connectivity index (χ0v) is 12.9. The first-order chi connectivity index (χ1) is 9.58. The Morgan fingerprint density at radius 3 is 2.65 bits per heavy atom. The minimum absolute atomic E-state index is 0.383. The van der Waals surface area contributed by atoms with Crippen LogP contribution < -0.4 is 5.32 Å². The molecule has 4 heteroatoms. The van der Waals surface area contributed by atoms with Crippen molar-refractivity contribution in [2.45, 2.75) is 33.1 Å². The second-order valence-corrected chi connectivity index (χ2v) is 5.52. The highest BCUT2D eigenvalue weighted by Crippen LogP contribution is 2.18. The largest absolute Gasteiger partial charge is 0.370 e. The number of nitrogens with one attached hydrogen (secondary N) is 1. The van der Waals surface area contributed by atoms with Gasteiger partial charge in [0.2, 0.25) is 0 Å². The van der Waals surface area contributed by atoms with Crippen molar-refractivity contribution in [3.05, 3.63) is 52.4 Å². The van der Waals surface area contributed by atoms with Crippen molar-refractivity contribution in [2.24, 2.45) is 0 Å². The second kappa shape index (κ2) is 6.71. The molecule has 0 aliphatic heterocycles. The summed E-state index contributed by atoms with van der Waals surface area (Å²) < 4.78 is 0. The molecule has 0 aliphatic rings. The molecule has 0 amide bonds. The molecule has 1 aromatic heterocycles. The first-order valence-electron chi connectivity index (χ1n) is 6.94. The van der Waals surface area contributed by atoms with Crippen LogP contribution in [0.4, 0.5) is 5.82 Å². The van der Waals surface area contributed by atoms with Gasteiger partial charge < -0.3 is 5.32 Å². The van der Waals surface area contributed by atoms with Crippen molar-refractivity contribution in [3.8, 4) is 0 Å². The lowest BCUT2D eigenvalue weighted by Gasteiger charge is -2.11. The summed E-state index contributed by atoms with van der Waals surface area (Å²) >= 11 is 6.02. The molecule has 1 N–H and O–H groups in total. The third-order valence-corrected chi connectivity index (χ3v) is 3.23. The molecule has 0 unspecified atom stereocenters. The van der Waals surface area contributed by atoms with Gasteiger partial charge in [0.05, 0.1) is 0 Å². The molecule has 106 valence electrons. The molecule has 1 heterocycles. The summed E-state index contributed by atoms with van der Waals surface area (Å²) in [5.74, 6) is 2.10. The van der Waals surface area contributed by atoms with E-state index < -0.39 is 0 Å². The number of halogens is 1. The number of benzene rings is 1. The summed E-state index contributed by atoms with van der Waals surface area (Å²) in [6.07, 6.45) is 0.694. The van der Waals surface area contributed by atoms with E-state index in [1.165, 1.54) is 0 Å². The number of anilines is 1. The van der Waals surface area contributed by atoms with Gasteiger partial charge in [-0.25, -0.2) is 9.97 Å². The molecule has 3 nitrogen and oxygen atoms in total. The Morgan fingerprint density at radius 1 is 1.20 bits per heavy atom. The summed E-state index contributed by atoms with van der Waals surface area (Å²) in [6, 6.07) is 9.86. The molecule has 0 saturated heterocycles. The zero-order chi connectivity index (χ0) is 14.5. The first kappa shape index (κ1) is 14.8. The number of rotatable bonds is 5. The molecule has 0 radical (unpaired) electrons. The van der Waals surface area contributed by atoms with Crippen molar-refractivity contribution in [1.29, 1.82) is 0 Å². The van der Waals surface area contributed by atoms with Crippen LogP contribution in [-0.4, -0.2) is 16.5 Å². The first-order valence-corrected chi connectivity index (χ1v) is 7.32. The zero-order valence-electron chi connectivity index (χ0n) is 12.2. The number of hydrogen-bond acceptors (Lipinski definition) is 3. The van der Waals surface area contributed by atoms with Gasteiger partial charge >= 0.3 is 0 Å². The van der Waals surface area contributed by atoms with Crippen LogP contribution in [0.5, 0.6) is 0 Å². The van der Waals surface area contributed by atoms with Gasteiger partial charge in [0.1, 0.15) is 11.6 Å². The Bertz CT molecular complexity index is 582. The quantitative estimate of drug-likeness (QED) is 0.893. The van der Waals surface area contributed by atoms with Gasteiger partial charge in [-0.1, -0.05) is 37.6 Å². The Morgan fingerprint density at radius 2 is 2.00 bits per heavy atom. The lowest BCUT2D eigenvalue weighted by atomic mass is 10.1. The number of nitrogens with zero attached hydrogens (tertiary/aromatic N) is 2. The van der Waals surface area contributed by atoms with Crippen LogP contribution in [-0.2, 0) is 6.42 Å². The highest BCUT2D eigenvalue weighted by molar-refractivity contribution is 6.30. The van der Waals surface area contributed by atoms with Gasteiger partial charge in [0, 0.05) is 29.7 Å². The highest BCUT2D eigenvalue weighted by atomic mass is 35.5. The minimum atomic E-state index is 0.383. The van der Waals surface area contributed by atoms with E-state index in [1.807, 2.05) is 30.3 Å². The molecule has 2 rings (SSSR count). The Hall–Kier alpha value is -1.61. The summed E-state index contributed by atoms with van der Waals surface area (Å²) in [5.41, 5.74) is 2.19. The molecule has 1 aromatic carbocycles. The van der Waals surface area contributed by atoms with Gasteiger partial charge in [-0.2, -0.15) is 0 Å². The molecule has 0 spiro atoms. The van der Waals surface area contributed by atoms with Crippen LogP contribution >= 0.6 is 11.6 Å². The Balaban J connectivity index is 2.30. The van der Waals surface area contributed by atoms with Crippen molar-refractivity contribution < 1.29 is 0 Å². The van der Waals surface area contributed by atoms with E-state index in [0.29, 0.717) is 12.3 Å². The van der Waals surface area contributed by atoms with Gasteiger partial charge in [0.25, 0.3) is 0 Å². The van der Waals surface area contributed by atoms with E-state index in [9.17, 15) is 0 Å². The van der Waals surface area contributed by atoms with Crippen LogP contribution in [0.1, 0.15) is 43.8 Å². The lowest BCUT2D eigenvalue weighted by molar-refractivity contribution is 0.792. The van der Waals surface area contributed by atoms with E-state index in [4.69, 9.17) is 11.6 Å². The van der Waals surface area contributed by atoms with Crippen molar-refractivity contribution in [1.82, 2.24) is 9.97 Å². The Labute approximate surface area is 125 Å². The van der Waals surface area contributed by atoms with E-state index in [2.05, 4.69) is 36.1 Å². The molecular weight excluding hydrogens is 270 g/mol. The predicted octanol–water partition coefficient (Wildman–Crippen LogP) is 4.28. The smallest absolute Gasteiger partial charge is 0.135 e. The fraction of sp³-hybridized carbons (Fsp3) is 0.375. The average molecular weight is 290 g/mol. The van der Waals surface area contributed by atoms with Gasteiger partial charge in [-0.15, -0.1) is 0 Å². The number of aromatic nitrogens is 2. The summed E-state index contributed by atoms with van der Waals surface area (Å²) in [4.78, 5) is 9.21. The van der Waals surface area contributed by atoms with E-state index in [0.717, 1.165) is 34.5 Å². The van der Waals surface area contributed by atoms with Crippen LogP contribution in [0.25, 0.3) is 0 Å². The number of hydrogen-bond donors (Lipinski definition) is 1. The molecule has 0 aliphatic carbocycles. The van der Waals surface area contributed by atoms with E-state index in [-0.39, 0.29) is 0 Å². The lowest BCUT2D eigenvalue weighted by Crippen LogP contribution is -2.07. The summed E-state index contributed by atoms with van der Waals surface area (Å²) in [5, 5.41) is 4.01. The maximum absolute atomic E-state index is 6.02. The van der Waals surface area contributed by atoms with Crippen molar-refractivity contribution in [3.63, 3.8) is 0 Å². The monoisotopic (exact) mass is 289 g/mol. The van der Waals surface area contributed by atoms with Gasteiger partial charge in [-0.3, -0.25) is 0 Å². The summed E-state index contributed by atoms with van der Waals surface area (Å²) in [6.45, 7) is 7.20. The van der Waals surface area contributed by atoms with Crippen LogP contribution in [0.3, 0.4) is 0 Å². The standard InChI is InChI=1S/C16H20ClN3/c1-4-18-15-10-14(11(2)3)19-16(20-15)9-12-6-5-7-13(17)8-12/h5-8,10-11H,4,9H2,1-3H3,(H,18,19,20). The summed E-state index contributed by atoms with van der Waals surface area (Å²) in [7, 11) is 0. The van der Waals surface area contributed by atoms with E-state index in [1.54, 1.807) is 0 Å². The maximum atomic E-state index is 6.02. The van der Waals surface area contributed by atoms with Crippen LogP contribution in [0.2, 0.25) is 5.02 Å². The van der Waals surface area contributed by atoms with Crippen molar-refractivity contribution in [2.75, 3.05) is 11.9 Å². The third-order valence-electron chi connectivity index (χ3n) is 2.99. The van der Waals surface area contributed by atoms with Crippen LogP contribution in [0.15, 0.2) is 30.3 Å². The minimum Gasteiger partial charge on any atom is -0.370 e. The third kappa shape index (κ3) is 3.94. The fourth-order valence-corrected chi connectivity index (χ4v) is 2.21. The topological polar surface area (TPSA) is 37.8 Å².